The van der Waals surface area contributed by atoms with E-state index in [1.165, 1.54) is 0 Å². The standard InChI is InChI=1S/2C9H9O3.Fe/c2*10-9(7-3-1-2-4-7)12-6-8-5-11-8;/h2*1-4,8H,5-6H2;/q-5;-1;. The molecule has 2 heterocycles. The molecule has 0 radical (unpaired) electrons. The van der Waals surface area contributed by atoms with Crippen molar-refractivity contribution in [3.05, 3.63) is 59.7 Å². The van der Waals surface area contributed by atoms with E-state index in [0.29, 0.717) is 37.6 Å². The van der Waals surface area contributed by atoms with E-state index in [1.807, 2.05) is 24.3 Å². The van der Waals surface area contributed by atoms with Gasteiger partial charge in [-0.15, -0.1) is 0 Å². The number of carbonyl (C=O) groups is 2. The number of rotatable bonds is 6. The first kappa shape index (κ1) is 19.4. The summed E-state index contributed by atoms with van der Waals surface area (Å²) in [6, 6.07) is 14.2. The third-order valence-electron chi connectivity index (χ3n) is 3.40. The number of hydrogen-bond donors (Lipinski definition) is 0. The first-order valence-corrected chi connectivity index (χ1v) is 7.73. The van der Waals surface area contributed by atoms with E-state index in [1.54, 1.807) is 24.3 Å². The Morgan fingerprint density at radius 3 is 1.92 bits per heavy atom. The third-order valence-corrected chi connectivity index (χ3v) is 3.40. The molecule has 2 aliphatic heterocycles. The van der Waals surface area contributed by atoms with Crippen LogP contribution in [0.4, 0.5) is 0 Å². The van der Waals surface area contributed by atoms with Crippen molar-refractivity contribution in [2.75, 3.05) is 26.4 Å². The molecule has 25 heavy (non-hydrogen) atoms. The molecule has 2 aliphatic rings. The van der Waals surface area contributed by atoms with Crippen molar-refractivity contribution in [3.8, 4) is 0 Å². The van der Waals surface area contributed by atoms with E-state index in [2.05, 4.69) is 0 Å². The molecule has 2 unspecified atom stereocenters. The van der Waals surface area contributed by atoms with E-state index in [0.717, 1.165) is 0 Å². The van der Waals surface area contributed by atoms with Crippen LogP contribution in [-0.2, 0) is 36.0 Å². The van der Waals surface area contributed by atoms with Crippen LogP contribution in [0.3, 0.4) is 0 Å². The van der Waals surface area contributed by atoms with Crippen molar-refractivity contribution < 1.29 is 45.6 Å². The first-order valence-electron chi connectivity index (χ1n) is 7.73. The van der Waals surface area contributed by atoms with Gasteiger partial charge in [0.1, 0.15) is 18.8 Å². The Morgan fingerprint density at radius 1 is 0.960 bits per heavy atom. The van der Waals surface area contributed by atoms with Crippen LogP contribution in [0.15, 0.2) is 48.5 Å². The molecule has 2 fully saturated rings. The minimum Gasteiger partial charge on any atom is -0.680 e. The Kier molecular flexibility index (Phi) is 7.40. The Hall–Kier alpha value is -1.92. The van der Waals surface area contributed by atoms with Gasteiger partial charge in [-0.1, -0.05) is 11.5 Å². The van der Waals surface area contributed by atoms with Crippen molar-refractivity contribution in [1.29, 1.82) is 0 Å². The van der Waals surface area contributed by atoms with E-state index < -0.39 is 0 Å². The van der Waals surface area contributed by atoms with Crippen molar-refractivity contribution in [2.45, 2.75) is 12.2 Å². The Morgan fingerprint density at radius 2 is 1.44 bits per heavy atom. The van der Waals surface area contributed by atoms with Crippen LogP contribution in [0.2, 0.25) is 0 Å². The molecule has 6 nitrogen and oxygen atoms in total. The van der Waals surface area contributed by atoms with Crippen molar-refractivity contribution in [2.24, 2.45) is 0 Å². The predicted molar refractivity (Wildman–Crippen MR) is 84.1 cm³/mol. The average molecular weight is 386 g/mol. The predicted octanol–water partition coefficient (Wildman–Crippen LogP) is 1.92. The first-order chi connectivity index (χ1) is 11.7. The molecule has 0 aliphatic carbocycles. The van der Waals surface area contributed by atoms with Gasteiger partial charge in [0.15, 0.2) is 0 Å². The van der Waals surface area contributed by atoms with E-state index >= 15 is 0 Å². The topological polar surface area (TPSA) is 77.7 Å². The van der Waals surface area contributed by atoms with Crippen LogP contribution >= 0.6 is 0 Å². The van der Waals surface area contributed by atoms with Gasteiger partial charge in [-0.3, -0.25) is 4.79 Å². The van der Waals surface area contributed by atoms with E-state index in [4.69, 9.17) is 18.9 Å². The second-order valence-electron chi connectivity index (χ2n) is 5.45. The van der Waals surface area contributed by atoms with Gasteiger partial charge < -0.3 is 53.6 Å². The Balaban J connectivity index is 0.000000173. The molecule has 2 aromatic rings. The van der Waals surface area contributed by atoms with E-state index in [9.17, 15) is 9.59 Å². The van der Waals surface area contributed by atoms with Crippen LogP contribution in [0.5, 0.6) is 0 Å². The smallest absolute Gasteiger partial charge is 0.281 e. The molecule has 2 aromatic carbocycles. The molecule has 0 bridgehead atoms. The zero-order chi connectivity index (χ0) is 16.8. The molecule has 2 atom stereocenters. The second kappa shape index (κ2) is 9.53. The number of epoxide rings is 2. The maximum atomic E-state index is 11.2. The fourth-order valence-corrected chi connectivity index (χ4v) is 1.85. The summed E-state index contributed by atoms with van der Waals surface area (Å²) in [7, 11) is 0. The van der Waals surface area contributed by atoms with Gasteiger partial charge in [-0.2, -0.15) is 12.1 Å². The summed E-state index contributed by atoms with van der Waals surface area (Å²) in [5, 5.41) is 0. The van der Waals surface area contributed by atoms with Crippen molar-refractivity contribution >= 4 is 11.9 Å². The summed E-state index contributed by atoms with van der Waals surface area (Å²) < 4.78 is 19.7. The quantitative estimate of drug-likeness (QED) is 0.327. The molecule has 0 spiro atoms. The van der Waals surface area contributed by atoms with Gasteiger partial charge in [0.2, 0.25) is 0 Å². The maximum Gasteiger partial charge on any atom is 0.281 e. The molecule has 0 aromatic heterocycles. The minimum absolute atomic E-state index is 0. The summed E-state index contributed by atoms with van der Waals surface area (Å²) in [4.78, 5) is 22.3. The average Bonchev–Trinajstić information content (AvgIpc) is 3.48. The van der Waals surface area contributed by atoms with Crippen molar-refractivity contribution in [3.63, 3.8) is 0 Å². The van der Waals surface area contributed by atoms with Gasteiger partial charge in [-0.25, -0.2) is 12.1 Å². The normalized spacial score (nSPS) is 19.7. The van der Waals surface area contributed by atoms with Gasteiger partial charge in [0, 0.05) is 17.1 Å². The van der Waals surface area contributed by atoms with Crippen molar-refractivity contribution in [1.82, 2.24) is 0 Å². The summed E-state index contributed by atoms with van der Waals surface area (Å²) in [5.41, 5.74) is 1.21. The monoisotopic (exact) mass is 386 g/mol. The summed E-state index contributed by atoms with van der Waals surface area (Å²) >= 11 is 0. The molecular formula is C18H18FeO6-6. The van der Waals surface area contributed by atoms with E-state index in [-0.39, 0.29) is 41.2 Å². The number of carbonyl (C=O) groups excluding carboxylic acids is 2. The zero-order valence-electron chi connectivity index (χ0n) is 13.4. The molecule has 0 N–H and O–H groups in total. The molecule has 0 amide bonds. The number of ether oxygens (including phenoxy) is 4. The Bertz CT molecular complexity index is 583. The molecule has 140 valence electrons. The molecular weight excluding hydrogens is 368 g/mol. The van der Waals surface area contributed by atoms with Crippen LogP contribution in [0.1, 0.15) is 20.7 Å². The molecule has 4 rings (SSSR count). The van der Waals surface area contributed by atoms with Gasteiger partial charge in [-0.05, 0) is 0 Å². The molecule has 0 saturated carbocycles. The van der Waals surface area contributed by atoms with Crippen LogP contribution in [-0.4, -0.2) is 50.6 Å². The second-order valence-corrected chi connectivity index (χ2v) is 5.45. The zero-order valence-corrected chi connectivity index (χ0v) is 14.5. The van der Waals surface area contributed by atoms with Gasteiger partial charge in [0.25, 0.3) is 5.97 Å². The molecule has 7 heteroatoms. The summed E-state index contributed by atoms with van der Waals surface area (Å²) in [5.74, 6) is -0.536. The fraction of sp³-hybridized carbons (Fsp3) is 0.333. The summed E-state index contributed by atoms with van der Waals surface area (Å²) in [6.07, 6.45) is 0.285. The third kappa shape index (κ3) is 6.84. The minimum atomic E-state index is -0.268. The van der Waals surface area contributed by atoms with Gasteiger partial charge in [0.05, 0.1) is 19.8 Å². The largest absolute Gasteiger partial charge is 0.680 e. The fourth-order valence-electron chi connectivity index (χ4n) is 1.85. The van der Waals surface area contributed by atoms with Crippen LogP contribution < -0.4 is 0 Å². The SMILES string of the molecule is O=C(OCC1CO1)[c-]1[cH-][cH-][cH-][cH-]1.O=C(OCC1CO1)[c-]1cccc1.[Fe]. The maximum absolute atomic E-state index is 11.2. The number of hydrogen-bond acceptors (Lipinski definition) is 6. The van der Waals surface area contributed by atoms with Crippen LogP contribution in [0.25, 0.3) is 0 Å². The number of esters is 2. The van der Waals surface area contributed by atoms with Gasteiger partial charge >= 0.3 is 0 Å². The Labute approximate surface area is 156 Å². The van der Waals surface area contributed by atoms with Crippen LogP contribution in [0, 0.1) is 0 Å². The summed E-state index contributed by atoms with van der Waals surface area (Å²) in [6.45, 7) is 2.19. The molecule has 2 saturated heterocycles.